The lowest BCUT2D eigenvalue weighted by atomic mass is 9.89. The number of carbonyl (C=O) groups is 2. The van der Waals surface area contributed by atoms with E-state index < -0.39 is 39.3 Å². The fraction of sp³-hybridized carbons (Fsp3) is 0.222. The van der Waals surface area contributed by atoms with Crippen molar-refractivity contribution >= 4 is 45.3 Å². The number of halogens is 3. The minimum absolute atomic E-state index is 0.00661. The Kier molecular flexibility index (Phi) is 11.3. The average Bonchev–Trinajstić information content (AvgIpc) is 2.98. The van der Waals surface area contributed by atoms with Crippen LogP contribution >= 0.6 is 11.6 Å². The van der Waals surface area contributed by atoms with Crippen molar-refractivity contribution in [3.05, 3.63) is 130 Å². The predicted octanol–water partition coefficient (Wildman–Crippen LogP) is 7.93. The molecule has 0 bridgehead atoms. The first kappa shape index (κ1) is 35.5. The Balaban J connectivity index is 1.60. The molecule has 0 aliphatic carbocycles. The van der Waals surface area contributed by atoms with Gasteiger partial charge in [-0.3, -0.25) is 14.1 Å². The minimum Gasteiger partial charge on any atom is -0.351 e. The van der Waals surface area contributed by atoms with Crippen LogP contribution in [0, 0.1) is 17.0 Å². The van der Waals surface area contributed by atoms with E-state index in [1.54, 1.807) is 30.3 Å². The summed E-state index contributed by atoms with van der Waals surface area (Å²) < 4.78 is 58.8. The fourth-order valence-corrected chi connectivity index (χ4v) is 5.34. The highest BCUT2D eigenvalue weighted by atomic mass is 35.5. The molecule has 0 aromatic heterocycles. The van der Waals surface area contributed by atoms with E-state index in [2.05, 4.69) is 37.5 Å². The summed E-state index contributed by atoms with van der Waals surface area (Å²) in [5.41, 5.74) is 3.53. The zero-order valence-corrected chi connectivity index (χ0v) is 27.6. The Morgan fingerprint density at radius 1 is 0.936 bits per heavy atom. The maximum atomic E-state index is 14.6. The Labute approximate surface area is 278 Å². The van der Waals surface area contributed by atoms with Gasteiger partial charge in [-0.05, 0) is 76.6 Å². The van der Waals surface area contributed by atoms with Crippen molar-refractivity contribution in [1.29, 1.82) is 0 Å². The van der Waals surface area contributed by atoms with E-state index in [9.17, 15) is 26.8 Å². The lowest BCUT2D eigenvalue weighted by Crippen LogP contribution is -2.28. The predicted molar refractivity (Wildman–Crippen MR) is 182 cm³/mol. The molecule has 7 nitrogen and oxygen atoms in total. The average molecular weight is 681 g/mol. The Bertz CT molecular complexity index is 1890. The van der Waals surface area contributed by atoms with Crippen LogP contribution in [0.15, 0.2) is 91.0 Å². The molecular weight excluding hydrogens is 646 g/mol. The summed E-state index contributed by atoms with van der Waals surface area (Å²) in [6, 6.07) is 22.0. The van der Waals surface area contributed by atoms with Crippen molar-refractivity contribution in [2.24, 2.45) is 5.41 Å². The number of nitrogens with one attached hydrogen (secondary N) is 2. The molecule has 1 unspecified atom stereocenters. The number of hydrogen-bond acceptors (Lipinski definition) is 4. The third kappa shape index (κ3) is 10.8. The van der Waals surface area contributed by atoms with E-state index in [0.29, 0.717) is 11.3 Å². The summed E-state index contributed by atoms with van der Waals surface area (Å²) in [4.78, 5) is 26.3. The molecule has 4 aromatic rings. The van der Waals surface area contributed by atoms with Crippen molar-refractivity contribution in [3.8, 4) is 11.1 Å². The van der Waals surface area contributed by atoms with Gasteiger partial charge in [0.2, 0.25) is 5.91 Å². The first-order valence-electron chi connectivity index (χ1n) is 14.7. The van der Waals surface area contributed by atoms with Gasteiger partial charge in [0.15, 0.2) is 0 Å². The van der Waals surface area contributed by atoms with Gasteiger partial charge < -0.3 is 10.6 Å². The van der Waals surface area contributed by atoms with Gasteiger partial charge in [-0.25, -0.2) is 8.78 Å². The molecule has 0 spiro atoms. The first-order chi connectivity index (χ1) is 22.1. The first-order valence-corrected chi connectivity index (χ1v) is 16.7. The Hall–Kier alpha value is -4.38. The van der Waals surface area contributed by atoms with Crippen LogP contribution in [-0.4, -0.2) is 37.1 Å². The zero-order chi connectivity index (χ0) is 34.4. The molecule has 2 amide bonds. The molecular formula is C36H35ClF2N2O5S. The molecule has 0 fully saturated rings. The van der Waals surface area contributed by atoms with Crippen LogP contribution in [-0.2, 0) is 21.3 Å². The molecule has 0 radical (unpaired) electrons. The topological polar surface area (TPSA) is 113 Å². The van der Waals surface area contributed by atoms with Crippen LogP contribution in [0.1, 0.15) is 53.7 Å². The second-order valence-corrected chi connectivity index (χ2v) is 14.2. The molecule has 1 atom stereocenters. The molecule has 0 aliphatic heterocycles. The highest BCUT2D eigenvalue weighted by Crippen LogP contribution is 2.31. The van der Waals surface area contributed by atoms with Gasteiger partial charge in [-0.1, -0.05) is 80.9 Å². The van der Waals surface area contributed by atoms with Gasteiger partial charge in [0.25, 0.3) is 16.0 Å². The number of hydrogen-bond donors (Lipinski definition) is 3. The fourth-order valence-electron chi connectivity index (χ4n) is 4.74. The van der Waals surface area contributed by atoms with Gasteiger partial charge >= 0.3 is 0 Å². The summed E-state index contributed by atoms with van der Waals surface area (Å²) in [6.07, 6.45) is 4.36. The minimum atomic E-state index is -4.21. The van der Waals surface area contributed by atoms with Crippen molar-refractivity contribution in [3.63, 3.8) is 0 Å². The molecule has 246 valence electrons. The number of amides is 2. The highest BCUT2D eigenvalue weighted by Gasteiger charge is 2.23. The molecule has 4 rings (SSSR count). The van der Waals surface area contributed by atoms with Crippen LogP contribution in [0.25, 0.3) is 17.2 Å². The van der Waals surface area contributed by atoms with E-state index in [4.69, 9.17) is 16.2 Å². The van der Waals surface area contributed by atoms with Crippen LogP contribution in [0.4, 0.5) is 14.5 Å². The molecule has 0 saturated carbocycles. The molecule has 4 aromatic carbocycles. The Morgan fingerprint density at radius 3 is 2.23 bits per heavy atom. The lowest BCUT2D eigenvalue weighted by Gasteiger charge is -2.19. The molecule has 0 aliphatic rings. The SMILES string of the molecule is CC(C)(C)/C=C/c1ccc(C(Cc2ccc(C(=O)NCCS(=O)(=O)O)cc2)C(=O)Nc2cc(Cl)cc(-c3ccc(F)cc3F)c2)cc1. The summed E-state index contributed by atoms with van der Waals surface area (Å²) in [5, 5.41) is 5.59. The van der Waals surface area contributed by atoms with E-state index in [0.717, 1.165) is 28.8 Å². The smallest absolute Gasteiger partial charge is 0.266 e. The lowest BCUT2D eigenvalue weighted by molar-refractivity contribution is -0.117. The molecule has 11 heteroatoms. The monoisotopic (exact) mass is 680 g/mol. The van der Waals surface area contributed by atoms with Crippen LogP contribution in [0.5, 0.6) is 0 Å². The third-order valence-electron chi connectivity index (χ3n) is 7.14. The van der Waals surface area contributed by atoms with Crippen molar-refractivity contribution in [1.82, 2.24) is 5.32 Å². The third-order valence-corrected chi connectivity index (χ3v) is 8.08. The largest absolute Gasteiger partial charge is 0.351 e. The van der Waals surface area contributed by atoms with Crippen LogP contribution < -0.4 is 10.6 Å². The second kappa shape index (κ2) is 15.0. The summed E-state index contributed by atoms with van der Waals surface area (Å²) >= 11 is 6.34. The van der Waals surface area contributed by atoms with Gasteiger partial charge in [0.05, 0.1) is 11.7 Å². The maximum Gasteiger partial charge on any atom is 0.266 e. The van der Waals surface area contributed by atoms with Crippen LogP contribution in [0.2, 0.25) is 5.02 Å². The quantitative estimate of drug-likeness (QED) is 0.139. The van der Waals surface area contributed by atoms with Crippen molar-refractivity contribution in [2.75, 3.05) is 17.6 Å². The van der Waals surface area contributed by atoms with Gasteiger partial charge in [-0.15, -0.1) is 0 Å². The maximum absolute atomic E-state index is 14.6. The van der Waals surface area contributed by atoms with Gasteiger partial charge in [0.1, 0.15) is 11.6 Å². The number of carbonyl (C=O) groups excluding carboxylic acids is 2. The van der Waals surface area contributed by atoms with Crippen LogP contribution in [0.3, 0.4) is 0 Å². The van der Waals surface area contributed by atoms with E-state index >= 15 is 0 Å². The van der Waals surface area contributed by atoms with Crippen molar-refractivity contribution in [2.45, 2.75) is 33.1 Å². The summed E-state index contributed by atoms with van der Waals surface area (Å²) in [5.74, 6) is -3.64. The Morgan fingerprint density at radius 2 is 1.62 bits per heavy atom. The van der Waals surface area contributed by atoms with E-state index in [1.165, 1.54) is 18.2 Å². The van der Waals surface area contributed by atoms with Crippen molar-refractivity contribution < 1.29 is 31.3 Å². The number of allylic oxidation sites excluding steroid dienone is 1. The molecule has 47 heavy (non-hydrogen) atoms. The highest BCUT2D eigenvalue weighted by molar-refractivity contribution is 7.85. The second-order valence-electron chi connectivity index (χ2n) is 12.2. The van der Waals surface area contributed by atoms with E-state index in [-0.39, 0.29) is 40.4 Å². The number of benzene rings is 4. The molecule has 0 saturated heterocycles. The normalized spacial score (nSPS) is 12.6. The van der Waals surface area contributed by atoms with Gasteiger partial charge in [-0.2, -0.15) is 8.42 Å². The molecule has 3 N–H and O–H groups in total. The summed E-state index contributed by atoms with van der Waals surface area (Å²) in [7, 11) is -4.21. The van der Waals surface area contributed by atoms with E-state index in [1.807, 2.05) is 30.3 Å². The summed E-state index contributed by atoms with van der Waals surface area (Å²) in [6.45, 7) is 6.04. The number of rotatable bonds is 11. The number of anilines is 1. The van der Waals surface area contributed by atoms with Gasteiger partial charge in [0, 0.05) is 34.4 Å². The standard InChI is InChI=1S/C36H35ClF2N2O5S/c1-36(2,3)15-14-23-4-8-25(9-5-23)32(18-24-6-10-26(11-7-24)34(42)40-16-17-47(44,45)46)35(43)41-30-20-27(19-28(37)21-30)31-13-12-29(38)22-33(31)39/h4-15,19-22,32H,16-18H2,1-3H3,(H,40,42)(H,41,43)(H,44,45,46)/b15-14+. The molecule has 0 heterocycles. The zero-order valence-electron chi connectivity index (χ0n) is 26.1.